The summed E-state index contributed by atoms with van der Waals surface area (Å²) < 4.78 is 26.9. The zero-order chi connectivity index (χ0) is 26.1. The standard InChI is InChI=1S/C22H32N4.C8H8F2/c1-16-5-6-17(2)21(13-16)15-26-19(4)14-22(25-26)24-18(3)7-8-20-9-11-23-12-10-20;1-2-6-3-4-7(9)5-8(6)10/h5-6,13-14,20,23H,3,7-12,15H2,1-2,4H3,(H,24,25);3-5H,2H2,1H3. The van der Waals surface area contributed by atoms with Gasteiger partial charge in [-0.15, -0.1) is 0 Å². The van der Waals surface area contributed by atoms with E-state index in [9.17, 15) is 8.78 Å². The van der Waals surface area contributed by atoms with Gasteiger partial charge in [0.05, 0.1) is 6.54 Å². The fourth-order valence-corrected chi connectivity index (χ4v) is 4.46. The van der Waals surface area contributed by atoms with Crippen molar-refractivity contribution in [2.24, 2.45) is 5.92 Å². The van der Waals surface area contributed by atoms with Gasteiger partial charge in [0.1, 0.15) is 11.6 Å². The van der Waals surface area contributed by atoms with E-state index < -0.39 is 11.6 Å². The van der Waals surface area contributed by atoms with Crippen molar-refractivity contribution in [3.8, 4) is 0 Å². The fourth-order valence-electron chi connectivity index (χ4n) is 4.46. The molecule has 1 aliphatic heterocycles. The Balaban J connectivity index is 0.000000303. The number of hydrogen-bond acceptors (Lipinski definition) is 3. The van der Waals surface area contributed by atoms with Gasteiger partial charge < -0.3 is 10.6 Å². The fraction of sp³-hybridized carbons (Fsp3) is 0.433. The Kier molecular flexibility index (Phi) is 10.2. The second-order valence-corrected chi connectivity index (χ2v) is 9.81. The molecule has 0 radical (unpaired) electrons. The highest BCUT2D eigenvalue weighted by molar-refractivity contribution is 5.42. The molecule has 4 nitrogen and oxygen atoms in total. The first-order valence-corrected chi connectivity index (χ1v) is 12.9. The molecular formula is C30H40F2N4. The van der Waals surface area contributed by atoms with Crippen LogP contribution in [0.3, 0.4) is 0 Å². The van der Waals surface area contributed by atoms with Crippen molar-refractivity contribution in [2.45, 2.75) is 66.3 Å². The minimum absolute atomic E-state index is 0.456. The minimum atomic E-state index is -0.519. The molecule has 0 bridgehead atoms. The number of aromatic nitrogens is 2. The molecule has 0 spiro atoms. The third-order valence-corrected chi connectivity index (χ3v) is 6.82. The second kappa shape index (κ2) is 13.4. The van der Waals surface area contributed by atoms with Gasteiger partial charge in [0.2, 0.25) is 0 Å². The minimum Gasteiger partial charge on any atom is -0.343 e. The van der Waals surface area contributed by atoms with Crippen molar-refractivity contribution >= 4 is 5.82 Å². The van der Waals surface area contributed by atoms with Crippen molar-refractivity contribution in [1.29, 1.82) is 0 Å². The van der Waals surface area contributed by atoms with Gasteiger partial charge in [-0.05, 0) is 94.6 Å². The molecule has 0 unspecified atom stereocenters. The lowest BCUT2D eigenvalue weighted by Crippen LogP contribution is -2.27. The average molecular weight is 495 g/mol. The Morgan fingerprint density at radius 3 is 2.50 bits per heavy atom. The summed E-state index contributed by atoms with van der Waals surface area (Å²) >= 11 is 0. The van der Waals surface area contributed by atoms with Gasteiger partial charge in [-0.2, -0.15) is 5.10 Å². The SMILES string of the molecule is C=C(CCC1CCNCC1)Nc1cc(C)n(Cc2cc(C)ccc2C)n1.CCc1ccc(F)cc1F. The van der Waals surface area contributed by atoms with Crippen LogP contribution in [-0.2, 0) is 13.0 Å². The molecule has 0 amide bonds. The number of halogens is 2. The van der Waals surface area contributed by atoms with Gasteiger partial charge in [0, 0.05) is 23.5 Å². The maximum atomic E-state index is 12.6. The molecule has 1 fully saturated rings. The number of benzene rings is 2. The van der Waals surface area contributed by atoms with Crippen molar-refractivity contribution in [1.82, 2.24) is 15.1 Å². The zero-order valence-electron chi connectivity index (χ0n) is 22.1. The Bertz CT molecular complexity index is 1150. The summed E-state index contributed by atoms with van der Waals surface area (Å²) in [6, 6.07) is 12.3. The Labute approximate surface area is 214 Å². The smallest absolute Gasteiger partial charge is 0.152 e. The molecule has 194 valence electrons. The van der Waals surface area contributed by atoms with E-state index in [1.807, 2.05) is 6.92 Å². The van der Waals surface area contributed by atoms with Crippen LogP contribution in [-0.4, -0.2) is 22.9 Å². The summed E-state index contributed by atoms with van der Waals surface area (Å²) in [5, 5.41) is 11.6. The Morgan fingerprint density at radius 1 is 1.06 bits per heavy atom. The van der Waals surface area contributed by atoms with Crippen LogP contribution in [0.4, 0.5) is 14.6 Å². The van der Waals surface area contributed by atoms with Crippen LogP contribution >= 0.6 is 0 Å². The second-order valence-electron chi connectivity index (χ2n) is 9.81. The van der Waals surface area contributed by atoms with E-state index in [0.29, 0.717) is 12.0 Å². The third-order valence-electron chi connectivity index (χ3n) is 6.82. The summed E-state index contributed by atoms with van der Waals surface area (Å²) in [5.74, 6) is 0.763. The number of anilines is 1. The number of allylic oxidation sites excluding steroid dienone is 1. The number of piperidine rings is 1. The van der Waals surface area contributed by atoms with Crippen molar-refractivity contribution in [3.05, 3.63) is 94.3 Å². The van der Waals surface area contributed by atoms with Gasteiger partial charge in [-0.25, -0.2) is 8.78 Å². The number of nitrogens with one attached hydrogen (secondary N) is 2. The van der Waals surface area contributed by atoms with Crippen molar-refractivity contribution in [3.63, 3.8) is 0 Å². The number of nitrogens with zero attached hydrogens (tertiary/aromatic N) is 2. The third kappa shape index (κ3) is 8.30. The maximum Gasteiger partial charge on any atom is 0.152 e. The summed E-state index contributed by atoms with van der Waals surface area (Å²) in [5.41, 5.74) is 6.72. The number of aryl methyl sites for hydroxylation is 4. The first-order chi connectivity index (χ1) is 17.2. The van der Waals surface area contributed by atoms with Crippen LogP contribution in [0.5, 0.6) is 0 Å². The van der Waals surface area contributed by atoms with Crippen LogP contribution in [0.2, 0.25) is 0 Å². The highest BCUT2D eigenvalue weighted by Gasteiger charge is 2.13. The normalized spacial score (nSPS) is 13.7. The molecule has 36 heavy (non-hydrogen) atoms. The molecule has 1 aromatic heterocycles. The highest BCUT2D eigenvalue weighted by Crippen LogP contribution is 2.21. The molecule has 0 atom stereocenters. The predicted octanol–water partition coefficient (Wildman–Crippen LogP) is 7.09. The summed E-state index contributed by atoms with van der Waals surface area (Å²) in [7, 11) is 0. The monoisotopic (exact) mass is 494 g/mol. The molecule has 2 heterocycles. The first-order valence-electron chi connectivity index (χ1n) is 12.9. The van der Waals surface area contributed by atoms with Crippen LogP contribution in [0.25, 0.3) is 0 Å². The van der Waals surface area contributed by atoms with E-state index in [-0.39, 0.29) is 0 Å². The van der Waals surface area contributed by atoms with E-state index in [4.69, 9.17) is 5.10 Å². The van der Waals surface area contributed by atoms with Crippen molar-refractivity contribution in [2.75, 3.05) is 18.4 Å². The molecule has 1 aliphatic rings. The Morgan fingerprint density at radius 2 is 1.81 bits per heavy atom. The molecule has 2 aromatic carbocycles. The Hall–Kier alpha value is -2.99. The van der Waals surface area contributed by atoms with E-state index >= 15 is 0 Å². The zero-order valence-corrected chi connectivity index (χ0v) is 22.1. The molecule has 6 heteroatoms. The van der Waals surface area contributed by atoms with E-state index in [1.165, 1.54) is 53.8 Å². The van der Waals surface area contributed by atoms with Crippen LogP contribution in [0, 0.1) is 38.3 Å². The lowest BCUT2D eigenvalue weighted by atomic mass is 9.93. The summed E-state index contributed by atoms with van der Waals surface area (Å²) in [4.78, 5) is 0. The van der Waals surface area contributed by atoms with Gasteiger partial charge in [0.25, 0.3) is 0 Å². The van der Waals surface area contributed by atoms with Gasteiger partial charge >= 0.3 is 0 Å². The quantitative estimate of drug-likeness (QED) is 0.351. The number of rotatable bonds is 8. The molecule has 0 aliphatic carbocycles. The highest BCUT2D eigenvalue weighted by atomic mass is 19.1. The maximum absolute atomic E-state index is 12.6. The van der Waals surface area contributed by atoms with Gasteiger partial charge in [-0.3, -0.25) is 4.68 Å². The lowest BCUT2D eigenvalue weighted by molar-refractivity contribution is 0.354. The van der Waals surface area contributed by atoms with Crippen LogP contribution < -0.4 is 10.6 Å². The van der Waals surface area contributed by atoms with Crippen molar-refractivity contribution < 1.29 is 8.78 Å². The molecule has 1 saturated heterocycles. The van der Waals surface area contributed by atoms with Gasteiger partial charge in [0.15, 0.2) is 5.82 Å². The molecular weight excluding hydrogens is 454 g/mol. The molecule has 3 aromatic rings. The first kappa shape index (κ1) is 27.6. The van der Waals surface area contributed by atoms with E-state index in [0.717, 1.165) is 49.6 Å². The largest absolute Gasteiger partial charge is 0.343 e. The lowest BCUT2D eigenvalue weighted by Gasteiger charge is -2.22. The molecule has 4 rings (SSSR count). The molecule has 0 saturated carbocycles. The average Bonchev–Trinajstić information content (AvgIpc) is 3.19. The molecule has 2 N–H and O–H groups in total. The summed E-state index contributed by atoms with van der Waals surface area (Å²) in [6.45, 7) is 15.6. The topological polar surface area (TPSA) is 41.9 Å². The predicted molar refractivity (Wildman–Crippen MR) is 145 cm³/mol. The van der Waals surface area contributed by atoms with Crippen LogP contribution in [0.15, 0.2) is 54.7 Å². The summed E-state index contributed by atoms with van der Waals surface area (Å²) in [6.07, 6.45) is 5.42. The van der Waals surface area contributed by atoms with E-state index in [2.05, 4.69) is 66.9 Å². The van der Waals surface area contributed by atoms with Gasteiger partial charge in [-0.1, -0.05) is 43.3 Å². The number of hydrogen-bond donors (Lipinski definition) is 2. The van der Waals surface area contributed by atoms with Crippen LogP contribution in [0.1, 0.15) is 60.6 Å². The van der Waals surface area contributed by atoms with E-state index in [1.54, 1.807) is 0 Å².